The molecule has 2 N–H and O–H groups in total. The standard InChI is InChI=1S/C14H10FNO4/c15-9-1-5-11(6-2-9)20-12-7-3-10(4-8-12)16-13(17)14(18)19/h1-8H,(H,16,17)(H,18,19). The Labute approximate surface area is 113 Å². The zero-order chi connectivity index (χ0) is 14.5. The zero-order valence-corrected chi connectivity index (χ0v) is 10.2. The number of carbonyl (C=O) groups excluding carboxylic acids is 1. The van der Waals surface area contributed by atoms with Crippen molar-refractivity contribution >= 4 is 17.6 Å². The van der Waals surface area contributed by atoms with Gasteiger partial charge in [0.1, 0.15) is 17.3 Å². The van der Waals surface area contributed by atoms with E-state index in [4.69, 9.17) is 9.84 Å². The van der Waals surface area contributed by atoms with E-state index >= 15 is 0 Å². The van der Waals surface area contributed by atoms with Crippen molar-refractivity contribution in [3.05, 3.63) is 54.3 Å². The van der Waals surface area contributed by atoms with Gasteiger partial charge in [-0.25, -0.2) is 9.18 Å². The van der Waals surface area contributed by atoms with Crippen LogP contribution in [0.4, 0.5) is 10.1 Å². The van der Waals surface area contributed by atoms with Crippen LogP contribution in [-0.4, -0.2) is 17.0 Å². The second-order valence-corrected chi connectivity index (χ2v) is 3.84. The van der Waals surface area contributed by atoms with E-state index in [2.05, 4.69) is 5.32 Å². The van der Waals surface area contributed by atoms with Gasteiger partial charge in [-0.3, -0.25) is 4.79 Å². The van der Waals surface area contributed by atoms with Gasteiger partial charge < -0.3 is 15.2 Å². The second-order valence-electron chi connectivity index (χ2n) is 3.84. The predicted octanol–water partition coefficient (Wildman–Crippen LogP) is 2.64. The third kappa shape index (κ3) is 3.55. The van der Waals surface area contributed by atoms with Crippen molar-refractivity contribution in [2.24, 2.45) is 0 Å². The summed E-state index contributed by atoms with van der Waals surface area (Å²) in [4.78, 5) is 21.3. The average molecular weight is 275 g/mol. The number of ether oxygens (including phenoxy) is 1. The first-order valence-electron chi connectivity index (χ1n) is 5.62. The lowest BCUT2D eigenvalue weighted by Gasteiger charge is -2.07. The van der Waals surface area contributed by atoms with Gasteiger partial charge in [0.05, 0.1) is 0 Å². The summed E-state index contributed by atoms with van der Waals surface area (Å²) in [6.45, 7) is 0. The zero-order valence-electron chi connectivity index (χ0n) is 10.2. The highest BCUT2D eigenvalue weighted by molar-refractivity contribution is 6.36. The summed E-state index contributed by atoms with van der Waals surface area (Å²) < 4.78 is 18.2. The SMILES string of the molecule is O=C(O)C(=O)Nc1ccc(Oc2ccc(F)cc2)cc1. The van der Waals surface area contributed by atoms with E-state index in [1.807, 2.05) is 0 Å². The van der Waals surface area contributed by atoms with Crippen molar-refractivity contribution in [3.63, 3.8) is 0 Å². The molecule has 0 heterocycles. The van der Waals surface area contributed by atoms with Crippen LogP contribution in [0.3, 0.4) is 0 Å². The summed E-state index contributed by atoms with van der Waals surface area (Å²) in [6, 6.07) is 11.6. The van der Waals surface area contributed by atoms with Gasteiger partial charge in [0.15, 0.2) is 0 Å². The molecular weight excluding hydrogens is 265 g/mol. The monoisotopic (exact) mass is 275 g/mol. The lowest BCUT2D eigenvalue weighted by molar-refractivity contribution is -0.147. The largest absolute Gasteiger partial charge is 0.474 e. The van der Waals surface area contributed by atoms with Crippen LogP contribution in [0.1, 0.15) is 0 Å². The molecule has 0 bridgehead atoms. The molecule has 5 nitrogen and oxygen atoms in total. The third-order valence-corrected chi connectivity index (χ3v) is 2.36. The number of nitrogens with one attached hydrogen (secondary N) is 1. The van der Waals surface area contributed by atoms with Crippen LogP contribution in [0.2, 0.25) is 0 Å². The lowest BCUT2D eigenvalue weighted by atomic mass is 10.3. The summed E-state index contributed by atoms with van der Waals surface area (Å²) in [6.07, 6.45) is 0. The second kappa shape index (κ2) is 5.83. The molecule has 0 radical (unpaired) electrons. The van der Waals surface area contributed by atoms with Crippen LogP contribution < -0.4 is 10.1 Å². The maximum absolute atomic E-state index is 12.7. The summed E-state index contributed by atoms with van der Waals surface area (Å²) in [5.74, 6) is -2.09. The molecule has 0 saturated heterocycles. The van der Waals surface area contributed by atoms with Crippen molar-refractivity contribution in [1.82, 2.24) is 0 Å². The van der Waals surface area contributed by atoms with Crippen LogP contribution in [0, 0.1) is 5.82 Å². The molecule has 0 aliphatic rings. The third-order valence-electron chi connectivity index (χ3n) is 2.36. The molecule has 0 aromatic heterocycles. The van der Waals surface area contributed by atoms with Gasteiger partial charge in [-0.1, -0.05) is 0 Å². The van der Waals surface area contributed by atoms with E-state index in [1.165, 1.54) is 36.4 Å². The number of carbonyl (C=O) groups is 2. The van der Waals surface area contributed by atoms with Crippen LogP contribution >= 0.6 is 0 Å². The van der Waals surface area contributed by atoms with E-state index in [-0.39, 0.29) is 5.82 Å². The Bertz CT molecular complexity index is 623. The molecule has 0 aliphatic carbocycles. The number of carboxylic acid groups (broad SMARTS) is 1. The Morgan fingerprint density at radius 1 is 0.950 bits per heavy atom. The lowest BCUT2D eigenvalue weighted by Crippen LogP contribution is -2.21. The molecule has 2 rings (SSSR count). The predicted molar refractivity (Wildman–Crippen MR) is 69.2 cm³/mol. The van der Waals surface area contributed by atoms with E-state index in [9.17, 15) is 14.0 Å². The number of halogens is 1. The molecule has 102 valence electrons. The first-order valence-corrected chi connectivity index (χ1v) is 5.62. The maximum Gasteiger partial charge on any atom is 0.394 e. The van der Waals surface area contributed by atoms with E-state index < -0.39 is 11.9 Å². The first-order chi connectivity index (χ1) is 9.54. The molecular formula is C14H10FNO4. The minimum Gasteiger partial charge on any atom is -0.474 e. The van der Waals surface area contributed by atoms with Gasteiger partial charge >= 0.3 is 11.9 Å². The summed E-state index contributed by atoms with van der Waals surface area (Å²) >= 11 is 0. The van der Waals surface area contributed by atoms with E-state index in [0.717, 1.165) is 0 Å². The Morgan fingerprint density at radius 3 is 1.95 bits per heavy atom. The van der Waals surface area contributed by atoms with Gasteiger partial charge in [-0.05, 0) is 48.5 Å². The van der Waals surface area contributed by atoms with E-state index in [0.29, 0.717) is 17.2 Å². The summed E-state index contributed by atoms with van der Waals surface area (Å²) in [5.41, 5.74) is 0.337. The number of amides is 1. The van der Waals surface area contributed by atoms with Crippen molar-refractivity contribution in [2.45, 2.75) is 0 Å². The van der Waals surface area contributed by atoms with Gasteiger partial charge in [0.2, 0.25) is 0 Å². The van der Waals surface area contributed by atoms with Crippen molar-refractivity contribution in [3.8, 4) is 11.5 Å². The number of rotatable bonds is 3. The molecule has 2 aromatic carbocycles. The minimum absolute atomic E-state index is 0.337. The Balaban J connectivity index is 2.03. The first kappa shape index (κ1) is 13.5. The molecule has 0 saturated carbocycles. The Kier molecular flexibility index (Phi) is 3.95. The molecule has 0 atom stereocenters. The maximum atomic E-state index is 12.7. The summed E-state index contributed by atoms with van der Waals surface area (Å²) in [5, 5.41) is 10.6. The molecule has 0 unspecified atom stereocenters. The Hall–Kier alpha value is -2.89. The molecule has 6 heteroatoms. The van der Waals surface area contributed by atoms with Crippen LogP contribution in [-0.2, 0) is 9.59 Å². The van der Waals surface area contributed by atoms with Gasteiger partial charge in [0.25, 0.3) is 0 Å². The highest BCUT2D eigenvalue weighted by Crippen LogP contribution is 2.23. The van der Waals surface area contributed by atoms with Crippen molar-refractivity contribution in [1.29, 1.82) is 0 Å². The molecule has 0 spiro atoms. The number of anilines is 1. The smallest absolute Gasteiger partial charge is 0.394 e. The van der Waals surface area contributed by atoms with Crippen molar-refractivity contribution < 1.29 is 23.8 Å². The Morgan fingerprint density at radius 2 is 1.45 bits per heavy atom. The highest BCUT2D eigenvalue weighted by Gasteiger charge is 2.10. The fourth-order valence-corrected chi connectivity index (χ4v) is 1.43. The number of benzene rings is 2. The number of carboxylic acids is 1. The number of aliphatic carboxylic acids is 1. The fourth-order valence-electron chi connectivity index (χ4n) is 1.43. The molecule has 20 heavy (non-hydrogen) atoms. The topological polar surface area (TPSA) is 75.6 Å². The number of hydrogen-bond donors (Lipinski definition) is 2. The fraction of sp³-hybridized carbons (Fsp3) is 0. The molecule has 1 amide bonds. The van der Waals surface area contributed by atoms with Crippen LogP contribution in [0.25, 0.3) is 0 Å². The van der Waals surface area contributed by atoms with Crippen molar-refractivity contribution in [2.75, 3.05) is 5.32 Å². The van der Waals surface area contributed by atoms with E-state index in [1.54, 1.807) is 12.1 Å². The average Bonchev–Trinajstić information content (AvgIpc) is 2.43. The number of hydrogen-bond acceptors (Lipinski definition) is 3. The minimum atomic E-state index is -1.56. The molecule has 2 aromatic rings. The highest BCUT2D eigenvalue weighted by atomic mass is 19.1. The van der Waals surface area contributed by atoms with Gasteiger partial charge in [-0.2, -0.15) is 0 Å². The quantitative estimate of drug-likeness (QED) is 0.844. The van der Waals surface area contributed by atoms with Gasteiger partial charge in [0, 0.05) is 5.69 Å². The van der Waals surface area contributed by atoms with Crippen LogP contribution in [0.15, 0.2) is 48.5 Å². The molecule has 0 aliphatic heterocycles. The molecule has 0 fully saturated rings. The van der Waals surface area contributed by atoms with Gasteiger partial charge in [-0.15, -0.1) is 0 Å². The normalized spacial score (nSPS) is 9.85. The summed E-state index contributed by atoms with van der Waals surface area (Å²) in [7, 11) is 0. The van der Waals surface area contributed by atoms with Crippen LogP contribution in [0.5, 0.6) is 11.5 Å².